The molecule has 1 amide bonds. The van der Waals surface area contributed by atoms with Gasteiger partial charge in [0.2, 0.25) is 0 Å². The summed E-state index contributed by atoms with van der Waals surface area (Å²) in [6.45, 7) is 0.712. The van der Waals surface area contributed by atoms with E-state index in [0.29, 0.717) is 12.1 Å². The van der Waals surface area contributed by atoms with Gasteiger partial charge in [-0.25, -0.2) is 0 Å². The zero-order valence-corrected chi connectivity index (χ0v) is 11.1. The number of hydrogen-bond donors (Lipinski definition) is 1. The molecule has 4 nitrogen and oxygen atoms in total. The minimum Gasteiger partial charge on any atom is -0.352 e. The fraction of sp³-hybridized carbons (Fsp3) is 0.429. The zero-order valence-electron chi connectivity index (χ0n) is 11.1. The SMILES string of the molecule is CN(C)/N=C/CCCCNC(=O)c1ccccc1. The standard InChI is InChI=1S/C14H21N3O/c1-17(2)16-12-8-4-7-11-15-14(18)13-9-5-3-6-10-13/h3,5-6,9-10,12H,4,7-8,11H2,1-2H3,(H,15,18)/b16-12+. The average molecular weight is 247 g/mol. The summed E-state index contributed by atoms with van der Waals surface area (Å²) in [5.74, 6) is -0.00226. The molecule has 0 saturated carbocycles. The van der Waals surface area contributed by atoms with Crippen LogP contribution in [0, 0.1) is 0 Å². The van der Waals surface area contributed by atoms with Crippen LogP contribution < -0.4 is 5.32 Å². The van der Waals surface area contributed by atoms with Crippen molar-refractivity contribution in [1.82, 2.24) is 10.3 Å². The molecule has 0 unspecified atom stereocenters. The van der Waals surface area contributed by atoms with Gasteiger partial charge in [-0.2, -0.15) is 5.10 Å². The first kappa shape index (κ1) is 14.2. The molecule has 1 N–H and O–H groups in total. The first-order valence-electron chi connectivity index (χ1n) is 6.23. The Balaban J connectivity index is 2.10. The first-order valence-corrected chi connectivity index (χ1v) is 6.23. The first-order chi connectivity index (χ1) is 8.70. The number of rotatable bonds is 7. The van der Waals surface area contributed by atoms with E-state index < -0.39 is 0 Å². The Kier molecular flexibility index (Phi) is 6.54. The second kappa shape index (κ2) is 8.28. The Morgan fingerprint density at radius 3 is 2.67 bits per heavy atom. The third-order valence-electron chi connectivity index (χ3n) is 2.39. The molecule has 0 saturated heterocycles. The predicted octanol–water partition coefficient (Wildman–Crippen LogP) is 2.13. The lowest BCUT2D eigenvalue weighted by Crippen LogP contribution is -2.24. The number of nitrogens with zero attached hydrogens (tertiary/aromatic N) is 2. The van der Waals surface area contributed by atoms with Crippen LogP contribution in [0.1, 0.15) is 29.6 Å². The maximum atomic E-state index is 11.7. The Labute approximate surface area is 109 Å². The third kappa shape index (κ3) is 6.03. The van der Waals surface area contributed by atoms with E-state index in [0.717, 1.165) is 19.3 Å². The molecule has 0 radical (unpaired) electrons. The quantitative estimate of drug-likeness (QED) is 0.456. The van der Waals surface area contributed by atoms with Crippen molar-refractivity contribution in [3.8, 4) is 0 Å². The molecule has 0 aromatic heterocycles. The van der Waals surface area contributed by atoms with Gasteiger partial charge in [0.05, 0.1) is 0 Å². The average Bonchev–Trinajstić information content (AvgIpc) is 2.38. The molecule has 4 heteroatoms. The van der Waals surface area contributed by atoms with E-state index >= 15 is 0 Å². The Morgan fingerprint density at radius 2 is 2.00 bits per heavy atom. The highest BCUT2D eigenvalue weighted by atomic mass is 16.1. The van der Waals surface area contributed by atoms with Gasteiger partial charge >= 0.3 is 0 Å². The number of benzene rings is 1. The van der Waals surface area contributed by atoms with E-state index in [2.05, 4.69) is 10.4 Å². The van der Waals surface area contributed by atoms with Crippen LogP contribution in [-0.4, -0.2) is 37.8 Å². The van der Waals surface area contributed by atoms with Crippen LogP contribution in [0.5, 0.6) is 0 Å². The molecular weight excluding hydrogens is 226 g/mol. The van der Waals surface area contributed by atoms with Gasteiger partial charge in [0.1, 0.15) is 0 Å². The fourth-order valence-corrected chi connectivity index (χ4v) is 1.48. The van der Waals surface area contributed by atoms with Crippen molar-refractivity contribution in [2.24, 2.45) is 5.10 Å². The van der Waals surface area contributed by atoms with Gasteiger partial charge in [0, 0.05) is 32.4 Å². The van der Waals surface area contributed by atoms with Gasteiger partial charge in [0.15, 0.2) is 0 Å². The van der Waals surface area contributed by atoms with Crippen LogP contribution in [0.4, 0.5) is 0 Å². The molecule has 0 aliphatic carbocycles. The Hall–Kier alpha value is -1.84. The summed E-state index contributed by atoms with van der Waals surface area (Å²) in [7, 11) is 3.80. The molecule has 0 fully saturated rings. The number of hydrogen-bond acceptors (Lipinski definition) is 3. The van der Waals surface area contributed by atoms with Gasteiger partial charge in [-0.05, 0) is 31.4 Å². The second-order valence-corrected chi connectivity index (χ2v) is 4.26. The van der Waals surface area contributed by atoms with E-state index in [9.17, 15) is 4.79 Å². The lowest BCUT2D eigenvalue weighted by Gasteiger charge is -2.04. The lowest BCUT2D eigenvalue weighted by atomic mass is 10.2. The van der Waals surface area contributed by atoms with Crippen molar-refractivity contribution in [3.05, 3.63) is 35.9 Å². The molecule has 1 rings (SSSR count). The summed E-state index contributed by atoms with van der Waals surface area (Å²) >= 11 is 0. The van der Waals surface area contributed by atoms with Gasteiger partial charge in [-0.3, -0.25) is 4.79 Å². The number of unbranched alkanes of at least 4 members (excludes halogenated alkanes) is 2. The summed E-state index contributed by atoms with van der Waals surface area (Å²) in [5, 5.41) is 8.81. The minimum atomic E-state index is -0.00226. The van der Waals surface area contributed by atoms with Crippen molar-refractivity contribution >= 4 is 12.1 Å². The van der Waals surface area contributed by atoms with Gasteiger partial charge in [-0.15, -0.1) is 0 Å². The number of amides is 1. The van der Waals surface area contributed by atoms with Crippen molar-refractivity contribution < 1.29 is 4.79 Å². The van der Waals surface area contributed by atoms with Crippen molar-refractivity contribution in [2.75, 3.05) is 20.6 Å². The highest BCUT2D eigenvalue weighted by molar-refractivity contribution is 5.94. The normalized spacial score (nSPS) is 10.6. The molecule has 1 aromatic carbocycles. The number of carbonyl (C=O) groups is 1. The van der Waals surface area contributed by atoms with Crippen LogP contribution in [0.2, 0.25) is 0 Å². The summed E-state index contributed by atoms with van der Waals surface area (Å²) < 4.78 is 0. The van der Waals surface area contributed by atoms with E-state index in [1.807, 2.05) is 50.6 Å². The van der Waals surface area contributed by atoms with Crippen molar-refractivity contribution in [2.45, 2.75) is 19.3 Å². The molecule has 0 bridgehead atoms. The van der Waals surface area contributed by atoms with Crippen LogP contribution in [-0.2, 0) is 0 Å². The second-order valence-electron chi connectivity index (χ2n) is 4.26. The van der Waals surface area contributed by atoms with Crippen LogP contribution in [0.15, 0.2) is 35.4 Å². The monoisotopic (exact) mass is 247 g/mol. The topological polar surface area (TPSA) is 44.7 Å². The molecular formula is C14H21N3O. The van der Waals surface area contributed by atoms with Gasteiger partial charge in [-0.1, -0.05) is 18.2 Å². The number of hydrazone groups is 1. The third-order valence-corrected chi connectivity index (χ3v) is 2.39. The summed E-state index contributed by atoms with van der Waals surface area (Å²) in [5.41, 5.74) is 0.715. The summed E-state index contributed by atoms with van der Waals surface area (Å²) in [6, 6.07) is 9.28. The van der Waals surface area contributed by atoms with Crippen LogP contribution in [0.25, 0.3) is 0 Å². The minimum absolute atomic E-state index is 0.00226. The number of carbonyl (C=O) groups excluding carboxylic acids is 1. The summed E-state index contributed by atoms with van der Waals surface area (Å²) in [4.78, 5) is 11.7. The maximum Gasteiger partial charge on any atom is 0.251 e. The molecule has 1 aromatic rings. The lowest BCUT2D eigenvalue weighted by molar-refractivity contribution is 0.0953. The molecule has 18 heavy (non-hydrogen) atoms. The zero-order chi connectivity index (χ0) is 13.2. The van der Waals surface area contributed by atoms with Crippen molar-refractivity contribution in [3.63, 3.8) is 0 Å². The highest BCUT2D eigenvalue weighted by Gasteiger charge is 2.02. The van der Waals surface area contributed by atoms with E-state index in [4.69, 9.17) is 0 Å². The van der Waals surface area contributed by atoms with E-state index in [1.165, 1.54) is 0 Å². The van der Waals surface area contributed by atoms with E-state index in [1.54, 1.807) is 5.01 Å². The van der Waals surface area contributed by atoms with Crippen LogP contribution in [0.3, 0.4) is 0 Å². The van der Waals surface area contributed by atoms with Crippen LogP contribution >= 0.6 is 0 Å². The molecule has 0 heterocycles. The summed E-state index contributed by atoms with van der Waals surface area (Å²) in [6.07, 6.45) is 4.85. The molecule has 0 aliphatic heterocycles. The molecule has 98 valence electrons. The molecule has 0 spiro atoms. The smallest absolute Gasteiger partial charge is 0.251 e. The van der Waals surface area contributed by atoms with Crippen molar-refractivity contribution in [1.29, 1.82) is 0 Å². The van der Waals surface area contributed by atoms with E-state index in [-0.39, 0.29) is 5.91 Å². The Bertz CT molecular complexity index is 374. The maximum absolute atomic E-state index is 11.7. The fourth-order valence-electron chi connectivity index (χ4n) is 1.48. The van der Waals surface area contributed by atoms with Gasteiger partial charge in [0.25, 0.3) is 5.91 Å². The largest absolute Gasteiger partial charge is 0.352 e. The Morgan fingerprint density at radius 1 is 1.28 bits per heavy atom. The number of nitrogens with one attached hydrogen (secondary N) is 1. The predicted molar refractivity (Wildman–Crippen MR) is 74.8 cm³/mol. The molecule has 0 aliphatic rings. The molecule has 0 atom stereocenters. The highest BCUT2D eigenvalue weighted by Crippen LogP contribution is 1.98. The van der Waals surface area contributed by atoms with Gasteiger partial charge < -0.3 is 10.3 Å².